The van der Waals surface area contributed by atoms with Gasteiger partial charge in [-0.25, -0.2) is 0 Å². The molecule has 4 heteroatoms. The number of nitrogens with zero attached hydrogens (tertiary/aromatic N) is 1. The third-order valence-corrected chi connectivity index (χ3v) is 3.14. The molecular formula is C10H18N2O2. The van der Waals surface area contributed by atoms with Gasteiger partial charge in [0.05, 0.1) is 19.3 Å². The summed E-state index contributed by atoms with van der Waals surface area (Å²) in [7, 11) is 0. The van der Waals surface area contributed by atoms with Crippen molar-refractivity contribution in [3.8, 4) is 0 Å². The standard InChI is InChI=1S/C10H18N2O2/c13-7-10-8-14-6-5-12(10)9-1-3-11-4-2-9/h7,9-11H,1-6,8H2. The molecule has 2 aliphatic heterocycles. The lowest BCUT2D eigenvalue weighted by Crippen LogP contribution is -2.54. The van der Waals surface area contributed by atoms with E-state index in [0.29, 0.717) is 12.6 Å². The van der Waals surface area contributed by atoms with E-state index in [-0.39, 0.29) is 6.04 Å². The Morgan fingerprint density at radius 1 is 1.36 bits per heavy atom. The third kappa shape index (κ3) is 2.13. The van der Waals surface area contributed by atoms with E-state index in [0.717, 1.165) is 45.4 Å². The summed E-state index contributed by atoms with van der Waals surface area (Å²) >= 11 is 0. The number of piperidine rings is 1. The zero-order chi connectivity index (χ0) is 9.80. The van der Waals surface area contributed by atoms with Crippen LogP contribution in [0, 0.1) is 0 Å². The summed E-state index contributed by atoms with van der Waals surface area (Å²) in [4.78, 5) is 13.2. The first-order chi connectivity index (χ1) is 6.92. The van der Waals surface area contributed by atoms with Crippen LogP contribution in [-0.4, -0.2) is 56.1 Å². The molecule has 0 aliphatic carbocycles. The largest absolute Gasteiger partial charge is 0.378 e. The maximum atomic E-state index is 10.9. The molecule has 0 radical (unpaired) electrons. The molecule has 0 amide bonds. The summed E-state index contributed by atoms with van der Waals surface area (Å²) in [5.74, 6) is 0. The monoisotopic (exact) mass is 198 g/mol. The lowest BCUT2D eigenvalue weighted by molar-refractivity contribution is -0.120. The summed E-state index contributed by atoms with van der Waals surface area (Å²) < 4.78 is 5.31. The number of hydrogen-bond acceptors (Lipinski definition) is 4. The molecule has 0 bridgehead atoms. The molecule has 2 rings (SSSR count). The molecule has 1 unspecified atom stereocenters. The molecule has 2 fully saturated rings. The second-order valence-corrected chi connectivity index (χ2v) is 4.00. The van der Waals surface area contributed by atoms with Crippen LogP contribution in [0.15, 0.2) is 0 Å². The smallest absolute Gasteiger partial charge is 0.139 e. The van der Waals surface area contributed by atoms with Gasteiger partial charge in [-0.3, -0.25) is 4.90 Å². The Kier molecular flexibility index (Phi) is 3.50. The number of carbonyl (C=O) groups excluding carboxylic acids is 1. The Balaban J connectivity index is 1.94. The number of ether oxygens (including phenoxy) is 1. The maximum absolute atomic E-state index is 10.9. The quantitative estimate of drug-likeness (QED) is 0.615. The van der Waals surface area contributed by atoms with Crippen LogP contribution in [0.4, 0.5) is 0 Å². The van der Waals surface area contributed by atoms with E-state index in [1.165, 1.54) is 0 Å². The Hall–Kier alpha value is -0.450. The molecule has 0 aromatic rings. The normalized spacial score (nSPS) is 31.6. The van der Waals surface area contributed by atoms with Crippen LogP contribution >= 0.6 is 0 Å². The van der Waals surface area contributed by atoms with Gasteiger partial charge in [0.25, 0.3) is 0 Å². The molecule has 2 aliphatic rings. The van der Waals surface area contributed by atoms with Crippen molar-refractivity contribution in [2.75, 3.05) is 32.8 Å². The van der Waals surface area contributed by atoms with Crippen molar-refractivity contribution >= 4 is 6.29 Å². The Labute approximate surface area is 84.6 Å². The summed E-state index contributed by atoms with van der Waals surface area (Å²) in [5, 5.41) is 3.34. The van der Waals surface area contributed by atoms with Gasteiger partial charge in [0.2, 0.25) is 0 Å². The van der Waals surface area contributed by atoms with Crippen LogP contribution in [0.2, 0.25) is 0 Å². The molecule has 14 heavy (non-hydrogen) atoms. The lowest BCUT2D eigenvalue weighted by atomic mass is 10.0. The molecule has 0 aromatic heterocycles. The molecule has 1 N–H and O–H groups in total. The predicted octanol–water partition coefficient (Wildman–Crippen LogP) is -0.362. The van der Waals surface area contributed by atoms with Gasteiger partial charge in [-0.05, 0) is 25.9 Å². The van der Waals surface area contributed by atoms with Gasteiger partial charge in [0.15, 0.2) is 0 Å². The highest BCUT2D eigenvalue weighted by Gasteiger charge is 2.29. The van der Waals surface area contributed by atoms with Crippen LogP contribution in [0.1, 0.15) is 12.8 Å². The van der Waals surface area contributed by atoms with Crippen LogP contribution in [0.25, 0.3) is 0 Å². The average Bonchev–Trinajstić information content (AvgIpc) is 2.30. The summed E-state index contributed by atoms with van der Waals surface area (Å²) in [5.41, 5.74) is 0. The van der Waals surface area contributed by atoms with Gasteiger partial charge in [-0.15, -0.1) is 0 Å². The SMILES string of the molecule is O=CC1COCCN1C1CCNCC1. The van der Waals surface area contributed by atoms with Crippen molar-refractivity contribution in [3.63, 3.8) is 0 Å². The van der Waals surface area contributed by atoms with E-state index in [9.17, 15) is 4.79 Å². The zero-order valence-corrected chi connectivity index (χ0v) is 8.45. The van der Waals surface area contributed by atoms with E-state index < -0.39 is 0 Å². The van der Waals surface area contributed by atoms with E-state index in [2.05, 4.69) is 10.2 Å². The molecule has 4 nitrogen and oxygen atoms in total. The lowest BCUT2D eigenvalue weighted by Gasteiger charge is -2.40. The number of nitrogens with one attached hydrogen (secondary N) is 1. The van der Waals surface area contributed by atoms with E-state index >= 15 is 0 Å². The Morgan fingerprint density at radius 2 is 2.14 bits per heavy atom. The number of carbonyl (C=O) groups is 1. The Bertz CT molecular complexity index is 193. The highest BCUT2D eigenvalue weighted by Crippen LogP contribution is 2.16. The van der Waals surface area contributed by atoms with E-state index in [4.69, 9.17) is 4.74 Å². The molecule has 0 saturated carbocycles. The topological polar surface area (TPSA) is 41.6 Å². The molecule has 2 saturated heterocycles. The average molecular weight is 198 g/mol. The predicted molar refractivity (Wildman–Crippen MR) is 53.3 cm³/mol. The fourth-order valence-corrected chi connectivity index (χ4v) is 2.34. The van der Waals surface area contributed by atoms with Crippen molar-refractivity contribution in [3.05, 3.63) is 0 Å². The molecule has 0 spiro atoms. The highest BCUT2D eigenvalue weighted by molar-refractivity contribution is 5.58. The minimum absolute atomic E-state index is 0.00755. The van der Waals surface area contributed by atoms with E-state index in [1.54, 1.807) is 0 Å². The van der Waals surface area contributed by atoms with Crippen molar-refractivity contribution in [1.82, 2.24) is 10.2 Å². The molecule has 1 atom stereocenters. The van der Waals surface area contributed by atoms with Gasteiger partial charge in [-0.1, -0.05) is 0 Å². The number of hydrogen-bond donors (Lipinski definition) is 1. The van der Waals surface area contributed by atoms with Crippen LogP contribution in [0.5, 0.6) is 0 Å². The Morgan fingerprint density at radius 3 is 2.86 bits per heavy atom. The summed E-state index contributed by atoms with van der Waals surface area (Å²) in [6.45, 7) is 4.41. The number of rotatable bonds is 2. The number of aldehydes is 1. The molecule has 80 valence electrons. The summed E-state index contributed by atoms with van der Waals surface area (Å²) in [6.07, 6.45) is 3.34. The van der Waals surface area contributed by atoms with Crippen LogP contribution < -0.4 is 5.32 Å². The minimum atomic E-state index is -0.00755. The summed E-state index contributed by atoms with van der Waals surface area (Å²) in [6, 6.07) is 0.571. The van der Waals surface area contributed by atoms with E-state index in [1.807, 2.05) is 0 Å². The van der Waals surface area contributed by atoms with Crippen molar-refractivity contribution in [1.29, 1.82) is 0 Å². The third-order valence-electron chi connectivity index (χ3n) is 3.14. The number of morpholine rings is 1. The minimum Gasteiger partial charge on any atom is -0.378 e. The fraction of sp³-hybridized carbons (Fsp3) is 0.900. The first kappa shape index (κ1) is 10.1. The van der Waals surface area contributed by atoms with Crippen LogP contribution in [-0.2, 0) is 9.53 Å². The van der Waals surface area contributed by atoms with Crippen molar-refractivity contribution < 1.29 is 9.53 Å². The highest BCUT2D eigenvalue weighted by atomic mass is 16.5. The molecule has 2 heterocycles. The van der Waals surface area contributed by atoms with Crippen molar-refractivity contribution in [2.24, 2.45) is 0 Å². The zero-order valence-electron chi connectivity index (χ0n) is 8.45. The molecule has 0 aromatic carbocycles. The second-order valence-electron chi connectivity index (χ2n) is 4.00. The molecular weight excluding hydrogens is 180 g/mol. The maximum Gasteiger partial charge on any atom is 0.139 e. The first-order valence-electron chi connectivity index (χ1n) is 5.41. The van der Waals surface area contributed by atoms with Gasteiger partial charge in [0, 0.05) is 12.6 Å². The first-order valence-corrected chi connectivity index (χ1v) is 5.41. The van der Waals surface area contributed by atoms with Crippen LogP contribution in [0.3, 0.4) is 0 Å². The van der Waals surface area contributed by atoms with Gasteiger partial charge in [0.1, 0.15) is 6.29 Å². The second kappa shape index (κ2) is 4.87. The fourth-order valence-electron chi connectivity index (χ4n) is 2.34. The van der Waals surface area contributed by atoms with Gasteiger partial charge < -0.3 is 14.8 Å². The van der Waals surface area contributed by atoms with Gasteiger partial charge in [-0.2, -0.15) is 0 Å². The van der Waals surface area contributed by atoms with Gasteiger partial charge >= 0.3 is 0 Å². The van der Waals surface area contributed by atoms with Crippen molar-refractivity contribution in [2.45, 2.75) is 24.9 Å².